The number of rotatable bonds is 6. The van der Waals surface area contributed by atoms with Crippen LogP contribution in [0.15, 0.2) is 52.1 Å². The molecular formula is C16H13N3O2S3. The second-order valence-electron chi connectivity index (χ2n) is 4.72. The molecule has 3 N–H and O–H groups in total. The van der Waals surface area contributed by atoms with Crippen LogP contribution in [0.3, 0.4) is 0 Å². The fraction of sp³-hybridized carbons (Fsp3) is 0.0625. The molecule has 0 saturated carbocycles. The fourth-order valence-electron chi connectivity index (χ4n) is 1.96. The minimum atomic E-state index is -0.421. The first-order chi connectivity index (χ1) is 11.6. The molecule has 2 heterocycles. The predicted molar refractivity (Wildman–Crippen MR) is 99.7 cm³/mol. The summed E-state index contributed by atoms with van der Waals surface area (Å²) in [5, 5.41) is 7.25. The van der Waals surface area contributed by atoms with Crippen molar-refractivity contribution in [1.29, 1.82) is 0 Å². The highest BCUT2D eigenvalue weighted by molar-refractivity contribution is 8.00. The number of nitrogens with two attached hydrogens (primary N) is 1. The lowest BCUT2D eigenvalue weighted by molar-refractivity contribution is -0.115. The van der Waals surface area contributed by atoms with Crippen LogP contribution >= 0.6 is 34.4 Å². The molecule has 2 aromatic heterocycles. The van der Waals surface area contributed by atoms with E-state index in [2.05, 4.69) is 10.3 Å². The molecule has 0 aliphatic carbocycles. The number of thioether (sulfide) groups is 1. The summed E-state index contributed by atoms with van der Waals surface area (Å²) < 4.78 is 0. The molecule has 0 bridgehead atoms. The van der Waals surface area contributed by atoms with Crippen molar-refractivity contribution in [2.75, 3.05) is 11.1 Å². The maximum absolute atomic E-state index is 12.5. The van der Waals surface area contributed by atoms with Gasteiger partial charge in [0.2, 0.25) is 5.91 Å². The van der Waals surface area contributed by atoms with Crippen LogP contribution in [0.25, 0.3) is 10.6 Å². The van der Waals surface area contributed by atoms with Gasteiger partial charge in [-0.2, -0.15) is 0 Å². The summed E-state index contributed by atoms with van der Waals surface area (Å²) in [6.07, 6.45) is 0. The number of thiophene rings is 1. The third-order valence-electron chi connectivity index (χ3n) is 3.00. The quantitative estimate of drug-likeness (QED) is 0.643. The van der Waals surface area contributed by atoms with Crippen LogP contribution in [0.5, 0.6) is 0 Å². The van der Waals surface area contributed by atoms with Crippen molar-refractivity contribution in [3.63, 3.8) is 0 Å². The Kier molecular flexibility index (Phi) is 5.29. The lowest BCUT2D eigenvalue weighted by Gasteiger charge is -2.07. The highest BCUT2D eigenvalue weighted by Crippen LogP contribution is 2.29. The van der Waals surface area contributed by atoms with E-state index in [1.54, 1.807) is 29.5 Å². The summed E-state index contributed by atoms with van der Waals surface area (Å²) in [5.74, 6) is -0.547. The van der Waals surface area contributed by atoms with E-state index in [9.17, 15) is 9.59 Å². The monoisotopic (exact) mass is 375 g/mol. The van der Waals surface area contributed by atoms with Crippen molar-refractivity contribution in [3.8, 4) is 10.6 Å². The first-order valence-corrected chi connectivity index (χ1v) is 9.69. The van der Waals surface area contributed by atoms with Crippen molar-refractivity contribution in [3.05, 3.63) is 52.7 Å². The molecular weight excluding hydrogens is 362 g/mol. The number of hydrogen-bond acceptors (Lipinski definition) is 6. The maximum Gasteiger partial charge on any atom is 0.258 e. The van der Waals surface area contributed by atoms with Gasteiger partial charge in [0.15, 0.2) is 5.13 Å². The van der Waals surface area contributed by atoms with E-state index in [4.69, 9.17) is 5.73 Å². The van der Waals surface area contributed by atoms with Gasteiger partial charge in [0, 0.05) is 10.3 Å². The molecule has 0 aliphatic heterocycles. The molecule has 3 aromatic rings. The van der Waals surface area contributed by atoms with Gasteiger partial charge >= 0.3 is 0 Å². The highest BCUT2D eigenvalue weighted by atomic mass is 32.2. The van der Waals surface area contributed by atoms with Gasteiger partial charge in [0.25, 0.3) is 5.91 Å². The molecule has 0 spiro atoms. The third-order valence-corrected chi connectivity index (χ3v) is 5.75. The number of thiazole rings is 1. The van der Waals surface area contributed by atoms with E-state index in [-0.39, 0.29) is 11.7 Å². The summed E-state index contributed by atoms with van der Waals surface area (Å²) in [7, 11) is 0. The zero-order valence-corrected chi connectivity index (χ0v) is 14.8. The minimum absolute atomic E-state index is 0.129. The zero-order chi connectivity index (χ0) is 16.9. The van der Waals surface area contributed by atoms with Crippen LogP contribution in [0.1, 0.15) is 10.4 Å². The Morgan fingerprint density at radius 3 is 2.75 bits per heavy atom. The molecule has 3 rings (SSSR count). The number of primary amides is 1. The van der Waals surface area contributed by atoms with E-state index in [1.807, 2.05) is 29.0 Å². The van der Waals surface area contributed by atoms with Gasteiger partial charge in [-0.05, 0) is 23.6 Å². The Balaban J connectivity index is 1.74. The van der Waals surface area contributed by atoms with Gasteiger partial charge in [0.1, 0.15) is 0 Å². The molecule has 5 nitrogen and oxygen atoms in total. The number of aromatic nitrogens is 1. The van der Waals surface area contributed by atoms with Gasteiger partial charge in [-0.25, -0.2) is 4.98 Å². The standard InChI is InChI=1S/C16H13N3O2S3/c17-14(20)9-23-12-5-2-1-4-10(12)15(21)19-16-18-11(8-24-16)13-6-3-7-22-13/h1-8H,9H2,(H2,17,20)(H,18,19,21). The summed E-state index contributed by atoms with van der Waals surface area (Å²) in [4.78, 5) is 29.7. The summed E-state index contributed by atoms with van der Waals surface area (Å²) in [5.41, 5.74) is 6.52. The maximum atomic E-state index is 12.5. The summed E-state index contributed by atoms with van der Waals surface area (Å²) in [6.45, 7) is 0. The molecule has 0 fully saturated rings. The second kappa shape index (κ2) is 7.61. The molecule has 122 valence electrons. The second-order valence-corrected chi connectivity index (χ2v) is 7.54. The van der Waals surface area contributed by atoms with Crippen LogP contribution in [0.4, 0.5) is 5.13 Å². The average Bonchev–Trinajstić information content (AvgIpc) is 3.24. The first-order valence-electron chi connectivity index (χ1n) is 6.94. The smallest absolute Gasteiger partial charge is 0.258 e. The van der Waals surface area contributed by atoms with Crippen LogP contribution in [0.2, 0.25) is 0 Å². The van der Waals surface area contributed by atoms with E-state index in [1.165, 1.54) is 23.1 Å². The highest BCUT2D eigenvalue weighted by Gasteiger charge is 2.14. The van der Waals surface area contributed by atoms with Gasteiger partial charge in [-0.1, -0.05) is 18.2 Å². The summed E-state index contributed by atoms with van der Waals surface area (Å²) >= 11 is 4.22. The Labute approximate surface area is 150 Å². The molecule has 1 aromatic carbocycles. The minimum Gasteiger partial charge on any atom is -0.369 e. The topological polar surface area (TPSA) is 85.1 Å². The van der Waals surface area contributed by atoms with Crippen molar-refractivity contribution >= 4 is 51.4 Å². The van der Waals surface area contributed by atoms with Gasteiger partial charge in [0.05, 0.1) is 21.9 Å². The van der Waals surface area contributed by atoms with Crippen molar-refractivity contribution in [1.82, 2.24) is 4.98 Å². The molecule has 2 amide bonds. The molecule has 24 heavy (non-hydrogen) atoms. The van der Waals surface area contributed by atoms with Crippen LogP contribution < -0.4 is 11.1 Å². The number of carbonyl (C=O) groups excluding carboxylic acids is 2. The average molecular weight is 376 g/mol. The van der Waals surface area contributed by atoms with Crippen molar-refractivity contribution in [2.24, 2.45) is 5.73 Å². The fourth-order valence-corrected chi connectivity index (χ4v) is 4.22. The lowest BCUT2D eigenvalue weighted by atomic mass is 10.2. The largest absolute Gasteiger partial charge is 0.369 e. The van der Waals surface area contributed by atoms with E-state index >= 15 is 0 Å². The molecule has 0 atom stereocenters. The molecule has 0 aliphatic rings. The number of carbonyl (C=O) groups is 2. The predicted octanol–water partition coefficient (Wildman–Crippen LogP) is 3.70. The first kappa shape index (κ1) is 16.7. The van der Waals surface area contributed by atoms with Crippen molar-refractivity contribution in [2.45, 2.75) is 4.90 Å². The van der Waals surface area contributed by atoms with Crippen molar-refractivity contribution < 1.29 is 9.59 Å². The van der Waals surface area contributed by atoms with E-state index < -0.39 is 5.91 Å². The van der Waals surface area contributed by atoms with E-state index in [0.717, 1.165) is 10.6 Å². The Morgan fingerprint density at radius 1 is 1.17 bits per heavy atom. The number of anilines is 1. The number of benzene rings is 1. The number of nitrogens with one attached hydrogen (secondary N) is 1. The Hall–Kier alpha value is -2.16. The molecule has 0 radical (unpaired) electrons. The lowest BCUT2D eigenvalue weighted by Crippen LogP contribution is -2.15. The Morgan fingerprint density at radius 2 is 2.00 bits per heavy atom. The Bertz CT molecular complexity index is 859. The normalized spacial score (nSPS) is 10.5. The zero-order valence-electron chi connectivity index (χ0n) is 12.4. The van der Waals surface area contributed by atoms with Gasteiger partial charge in [-0.3, -0.25) is 14.9 Å². The number of nitrogens with zero attached hydrogens (tertiary/aromatic N) is 1. The third kappa shape index (κ3) is 4.02. The van der Waals surface area contributed by atoms with Crippen LogP contribution in [-0.4, -0.2) is 22.6 Å². The van der Waals surface area contributed by atoms with Crippen LogP contribution in [0, 0.1) is 0 Å². The van der Waals surface area contributed by atoms with E-state index in [0.29, 0.717) is 15.6 Å². The SMILES string of the molecule is NC(=O)CSc1ccccc1C(=O)Nc1nc(-c2cccs2)cs1. The van der Waals surface area contributed by atoms with Crippen LogP contribution in [-0.2, 0) is 4.79 Å². The van der Waals surface area contributed by atoms with Gasteiger partial charge in [-0.15, -0.1) is 34.4 Å². The van der Waals surface area contributed by atoms with Gasteiger partial charge < -0.3 is 5.73 Å². The summed E-state index contributed by atoms with van der Waals surface area (Å²) in [6, 6.07) is 11.1. The number of amides is 2. The molecule has 0 saturated heterocycles. The molecule has 0 unspecified atom stereocenters. The number of hydrogen-bond donors (Lipinski definition) is 2. The molecule has 8 heteroatoms.